The van der Waals surface area contributed by atoms with Crippen LogP contribution >= 0.6 is 0 Å². The highest BCUT2D eigenvalue weighted by atomic mass is 16.5. The van der Waals surface area contributed by atoms with Gasteiger partial charge < -0.3 is 10.5 Å². The Balaban J connectivity index is 1.72. The lowest BCUT2D eigenvalue weighted by molar-refractivity contribution is 0.278. The minimum absolute atomic E-state index is 0.148. The third kappa shape index (κ3) is 2.55. The molecule has 0 aromatic carbocycles. The minimum atomic E-state index is 0.148. The molecule has 1 aliphatic rings. The summed E-state index contributed by atoms with van der Waals surface area (Å²) < 4.78 is 7.16. The SMILES string of the molecule is Nc1nc(OCCC2CC2)nc(-n2ccnc2)n1. The lowest BCUT2D eigenvalue weighted by Gasteiger charge is -2.06. The molecule has 18 heavy (non-hydrogen) atoms. The third-order valence-corrected chi connectivity index (χ3v) is 2.81. The molecule has 0 spiro atoms. The van der Waals surface area contributed by atoms with E-state index in [1.807, 2.05) is 0 Å². The Morgan fingerprint density at radius 1 is 1.33 bits per heavy atom. The van der Waals surface area contributed by atoms with Gasteiger partial charge in [-0.05, 0) is 12.3 Å². The summed E-state index contributed by atoms with van der Waals surface area (Å²) in [7, 11) is 0. The van der Waals surface area contributed by atoms with Gasteiger partial charge in [0.2, 0.25) is 11.9 Å². The highest BCUT2D eigenvalue weighted by Crippen LogP contribution is 2.32. The number of hydrogen-bond acceptors (Lipinski definition) is 6. The molecular weight excluding hydrogens is 232 g/mol. The fraction of sp³-hybridized carbons (Fsp3) is 0.455. The van der Waals surface area contributed by atoms with E-state index >= 15 is 0 Å². The Bertz CT molecular complexity index is 522. The van der Waals surface area contributed by atoms with Crippen LogP contribution in [-0.2, 0) is 0 Å². The molecule has 2 heterocycles. The first kappa shape index (κ1) is 10.9. The molecule has 0 amide bonds. The molecule has 7 heteroatoms. The standard InChI is InChI=1S/C11H14N6O/c12-9-14-10(17-5-4-13-7-17)16-11(15-9)18-6-3-8-1-2-8/h4-5,7-8H,1-3,6H2,(H2,12,14,15,16). The van der Waals surface area contributed by atoms with Crippen LogP contribution in [0.4, 0.5) is 5.95 Å². The Hall–Kier alpha value is -2.18. The number of hydrogen-bond donors (Lipinski definition) is 1. The van der Waals surface area contributed by atoms with Crippen LogP contribution in [0.5, 0.6) is 6.01 Å². The topological polar surface area (TPSA) is 91.7 Å². The second-order valence-electron chi connectivity index (χ2n) is 4.33. The summed E-state index contributed by atoms with van der Waals surface area (Å²) in [4.78, 5) is 16.1. The first-order chi connectivity index (χ1) is 8.81. The number of aromatic nitrogens is 5. The summed E-state index contributed by atoms with van der Waals surface area (Å²) in [5.41, 5.74) is 5.63. The van der Waals surface area contributed by atoms with Crippen molar-refractivity contribution in [2.45, 2.75) is 19.3 Å². The number of anilines is 1. The summed E-state index contributed by atoms with van der Waals surface area (Å²) in [6.07, 6.45) is 8.65. The van der Waals surface area contributed by atoms with Crippen LogP contribution in [0.1, 0.15) is 19.3 Å². The molecule has 2 N–H and O–H groups in total. The summed E-state index contributed by atoms with van der Waals surface area (Å²) >= 11 is 0. The predicted octanol–water partition coefficient (Wildman–Crippen LogP) is 0.818. The maximum atomic E-state index is 5.63. The Morgan fingerprint density at radius 2 is 2.22 bits per heavy atom. The first-order valence-electron chi connectivity index (χ1n) is 5.94. The van der Waals surface area contributed by atoms with Crippen molar-refractivity contribution >= 4 is 5.95 Å². The van der Waals surface area contributed by atoms with Gasteiger partial charge in [-0.15, -0.1) is 0 Å². The fourth-order valence-corrected chi connectivity index (χ4v) is 1.64. The van der Waals surface area contributed by atoms with Crippen molar-refractivity contribution in [2.24, 2.45) is 5.92 Å². The van der Waals surface area contributed by atoms with E-state index in [9.17, 15) is 0 Å². The number of imidazole rings is 1. The molecule has 3 rings (SSSR count). The zero-order valence-electron chi connectivity index (χ0n) is 9.86. The lowest BCUT2D eigenvalue weighted by Crippen LogP contribution is -2.09. The van der Waals surface area contributed by atoms with Crippen molar-refractivity contribution in [2.75, 3.05) is 12.3 Å². The van der Waals surface area contributed by atoms with Crippen molar-refractivity contribution in [1.29, 1.82) is 0 Å². The van der Waals surface area contributed by atoms with Gasteiger partial charge in [0.25, 0.3) is 0 Å². The van der Waals surface area contributed by atoms with Gasteiger partial charge in [0.05, 0.1) is 6.61 Å². The quantitative estimate of drug-likeness (QED) is 0.839. The molecule has 1 fully saturated rings. The van der Waals surface area contributed by atoms with Gasteiger partial charge in [-0.3, -0.25) is 4.57 Å². The highest BCUT2D eigenvalue weighted by Gasteiger charge is 2.21. The third-order valence-electron chi connectivity index (χ3n) is 2.81. The van der Waals surface area contributed by atoms with E-state index in [0.29, 0.717) is 12.6 Å². The second kappa shape index (κ2) is 4.59. The molecule has 2 aromatic rings. The maximum absolute atomic E-state index is 5.63. The van der Waals surface area contributed by atoms with Gasteiger partial charge >= 0.3 is 6.01 Å². The smallest absolute Gasteiger partial charge is 0.323 e. The zero-order valence-corrected chi connectivity index (χ0v) is 9.86. The Labute approximate surface area is 104 Å². The van der Waals surface area contributed by atoms with Crippen LogP contribution in [0.2, 0.25) is 0 Å². The lowest BCUT2D eigenvalue weighted by atomic mass is 10.3. The molecule has 0 saturated heterocycles. The van der Waals surface area contributed by atoms with Crippen molar-refractivity contribution in [3.63, 3.8) is 0 Å². The molecule has 94 valence electrons. The molecule has 1 aliphatic carbocycles. The van der Waals surface area contributed by atoms with Crippen LogP contribution < -0.4 is 10.5 Å². The average Bonchev–Trinajstić information content (AvgIpc) is 3.01. The van der Waals surface area contributed by atoms with E-state index in [1.54, 1.807) is 23.3 Å². The van der Waals surface area contributed by atoms with Crippen molar-refractivity contribution in [1.82, 2.24) is 24.5 Å². The van der Waals surface area contributed by atoms with Gasteiger partial charge in [0.1, 0.15) is 6.33 Å². The molecule has 0 bridgehead atoms. The zero-order chi connectivity index (χ0) is 12.4. The second-order valence-corrected chi connectivity index (χ2v) is 4.33. The van der Waals surface area contributed by atoms with Crippen LogP contribution in [0.3, 0.4) is 0 Å². The molecule has 0 radical (unpaired) electrons. The predicted molar refractivity (Wildman–Crippen MR) is 64.2 cm³/mol. The van der Waals surface area contributed by atoms with Crippen LogP contribution in [0.15, 0.2) is 18.7 Å². The molecule has 1 saturated carbocycles. The summed E-state index contributed by atoms with van der Waals surface area (Å²) in [5, 5.41) is 0. The number of ether oxygens (including phenoxy) is 1. The number of nitrogens with zero attached hydrogens (tertiary/aromatic N) is 5. The molecule has 0 unspecified atom stereocenters. The molecule has 0 atom stereocenters. The fourth-order valence-electron chi connectivity index (χ4n) is 1.64. The van der Waals surface area contributed by atoms with Crippen LogP contribution in [0, 0.1) is 5.92 Å². The molecule has 2 aromatic heterocycles. The van der Waals surface area contributed by atoms with E-state index < -0.39 is 0 Å². The summed E-state index contributed by atoms with van der Waals surface area (Å²) in [5.74, 6) is 1.38. The molecule has 0 aliphatic heterocycles. The van der Waals surface area contributed by atoms with Crippen molar-refractivity contribution < 1.29 is 4.74 Å². The highest BCUT2D eigenvalue weighted by molar-refractivity contribution is 5.24. The van der Waals surface area contributed by atoms with Gasteiger partial charge in [-0.2, -0.15) is 15.0 Å². The number of nitrogen functional groups attached to an aromatic ring is 1. The van der Waals surface area contributed by atoms with Crippen molar-refractivity contribution in [3.8, 4) is 12.0 Å². The minimum Gasteiger partial charge on any atom is -0.463 e. The number of nitrogens with two attached hydrogens (primary N) is 1. The molecule has 7 nitrogen and oxygen atoms in total. The Morgan fingerprint density at radius 3 is 2.94 bits per heavy atom. The monoisotopic (exact) mass is 246 g/mol. The first-order valence-corrected chi connectivity index (χ1v) is 5.94. The van der Waals surface area contributed by atoms with E-state index in [4.69, 9.17) is 10.5 Å². The van der Waals surface area contributed by atoms with Crippen LogP contribution in [0.25, 0.3) is 5.95 Å². The van der Waals surface area contributed by atoms with Gasteiger partial charge in [-0.25, -0.2) is 4.98 Å². The van der Waals surface area contributed by atoms with E-state index in [0.717, 1.165) is 12.3 Å². The average molecular weight is 246 g/mol. The van der Waals surface area contributed by atoms with E-state index in [2.05, 4.69) is 19.9 Å². The van der Waals surface area contributed by atoms with Crippen molar-refractivity contribution in [3.05, 3.63) is 18.7 Å². The van der Waals surface area contributed by atoms with Crippen LogP contribution in [-0.4, -0.2) is 31.1 Å². The maximum Gasteiger partial charge on any atom is 0.323 e. The Kier molecular flexibility index (Phi) is 2.79. The summed E-state index contributed by atoms with van der Waals surface area (Å²) in [6.45, 7) is 0.623. The van der Waals surface area contributed by atoms with E-state index in [1.165, 1.54) is 12.8 Å². The normalized spacial score (nSPS) is 14.7. The van der Waals surface area contributed by atoms with Gasteiger partial charge in [-0.1, -0.05) is 12.8 Å². The summed E-state index contributed by atoms with van der Waals surface area (Å²) in [6, 6.07) is 0.270. The largest absolute Gasteiger partial charge is 0.463 e. The molecular formula is C11H14N6O. The van der Waals surface area contributed by atoms with Gasteiger partial charge in [0.15, 0.2) is 0 Å². The van der Waals surface area contributed by atoms with Gasteiger partial charge in [0, 0.05) is 12.4 Å². The van der Waals surface area contributed by atoms with E-state index in [-0.39, 0.29) is 12.0 Å². The number of rotatable bonds is 5.